The van der Waals surface area contributed by atoms with Gasteiger partial charge in [-0.15, -0.1) is 0 Å². The molecule has 0 aromatic heterocycles. The average molecular weight is 289 g/mol. The molecule has 0 N–H and O–H groups in total. The van der Waals surface area contributed by atoms with Crippen molar-refractivity contribution >= 4 is 11.9 Å². The van der Waals surface area contributed by atoms with Gasteiger partial charge in [-0.1, -0.05) is 29.8 Å². The zero-order chi connectivity index (χ0) is 15.4. The lowest BCUT2D eigenvalue weighted by molar-refractivity contribution is -0.150. The average Bonchev–Trinajstić information content (AvgIpc) is 2.46. The fourth-order valence-corrected chi connectivity index (χ4v) is 2.91. The van der Waals surface area contributed by atoms with Crippen LogP contribution >= 0.6 is 0 Å². The van der Waals surface area contributed by atoms with Gasteiger partial charge in [0.2, 0.25) is 5.91 Å². The molecule has 4 heteroatoms. The molecule has 114 valence electrons. The van der Waals surface area contributed by atoms with Gasteiger partial charge in [0.15, 0.2) is 0 Å². The minimum atomic E-state index is -0.213. The monoisotopic (exact) mass is 289 g/mol. The van der Waals surface area contributed by atoms with Gasteiger partial charge in [0, 0.05) is 12.6 Å². The lowest BCUT2D eigenvalue weighted by Gasteiger charge is -2.37. The SMILES string of the molecule is COC(=O)[C@@H]1CC[C@H](C)N(C(=O)Cc2cccc(C)c2)C1. The molecular weight excluding hydrogens is 266 g/mol. The number of nitrogens with zero attached hydrogens (tertiary/aromatic N) is 1. The first-order valence-corrected chi connectivity index (χ1v) is 7.44. The number of hydrogen-bond acceptors (Lipinski definition) is 3. The Bertz CT molecular complexity index is 527. The Labute approximate surface area is 126 Å². The highest BCUT2D eigenvalue weighted by molar-refractivity contribution is 5.80. The lowest BCUT2D eigenvalue weighted by atomic mass is 9.93. The van der Waals surface area contributed by atoms with E-state index in [-0.39, 0.29) is 23.8 Å². The Kier molecular flexibility index (Phi) is 4.99. The van der Waals surface area contributed by atoms with Crippen molar-refractivity contribution in [2.24, 2.45) is 5.92 Å². The zero-order valence-corrected chi connectivity index (χ0v) is 13.0. The van der Waals surface area contributed by atoms with Crippen LogP contribution in [0.1, 0.15) is 30.9 Å². The Morgan fingerprint density at radius 2 is 2.10 bits per heavy atom. The van der Waals surface area contributed by atoms with Crippen LogP contribution in [0.2, 0.25) is 0 Å². The summed E-state index contributed by atoms with van der Waals surface area (Å²) in [7, 11) is 1.40. The van der Waals surface area contributed by atoms with E-state index in [9.17, 15) is 9.59 Å². The van der Waals surface area contributed by atoms with Gasteiger partial charge < -0.3 is 9.64 Å². The maximum Gasteiger partial charge on any atom is 0.310 e. The summed E-state index contributed by atoms with van der Waals surface area (Å²) in [6.07, 6.45) is 2.03. The number of likely N-dealkylation sites (tertiary alicyclic amines) is 1. The van der Waals surface area contributed by atoms with Gasteiger partial charge in [-0.2, -0.15) is 0 Å². The van der Waals surface area contributed by atoms with E-state index in [2.05, 4.69) is 0 Å². The van der Waals surface area contributed by atoms with E-state index in [4.69, 9.17) is 4.74 Å². The van der Waals surface area contributed by atoms with Crippen molar-refractivity contribution in [3.8, 4) is 0 Å². The molecule has 1 heterocycles. The third kappa shape index (κ3) is 3.84. The molecule has 1 amide bonds. The third-order valence-electron chi connectivity index (χ3n) is 4.17. The zero-order valence-electron chi connectivity index (χ0n) is 13.0. The highest BCUT2D eigenvalue weighted by Crippen LogP contribution is 2.23. The predicted octanol–water partition coefficient (Wildman–Crippen LogP) is 2.34. The van der Waals surface area contributed by atoms with Gasteiger partial charge in [-0.3, -0.25) is 9.59 Å². The summed E-state index contributed by atoms with van der Waals surface area (Å²) < 4.78 is 4.81. The van der Waals surface area contributed by atoms with Crippen LogP contribution in [0, 0.1) is 12.8 Å². The molecule has 0 spiro atoms. The maximum absolute atomic E-state index is 12.5. The van der Waals surface area contributed by atoms with Crippen molar-refractivity contribution in [1.29, 1.82) is 0 Å². The van der Waals surface area contributed by atoms with E-state index in [0.29, 0.717) is 13.0 Å². The smallest absolute Gasteiger partial charge is 0.310 e. The summed E-state index contributed by atoms with van der Waals surface area (Å²) in [5, 5.41) is 0. The Balaban J connectivity index is 2.04. The largest absolute Gasteiger partial charge is 0.469 e. The first-order valence-electron chi connectivity index (χ1n) is 7.44. The van der Waals surface area contributed by atoms with Gasteiger partial charge in [0.25, 0.3) is 0 Å². The van der Waals surface area contributed by atoms with Crippen molar-refractivity contribution in [1.82, 2.24) is 4.90 Å². The second-order valence-corrected chi connectivity index (χ2v) is 5.86. The fraction of sp³-hybridized carbons (Fsp3) is 0.529. The number of amides is 1. The molecule has 2 rings (SSSR count). The number of piperidine rings is 1. The summed E-state index contributed by atoms with van der Waals surface area (Å²) in [5.41, 5.74) is 2.17. The normalized spacial score (nSPS) is 22.0. The number of carbonyl (C=O) groups is 2. The van der Waals surface area contributed by atoms with Crippen LogP contribution in [0.4, 0.5) is 0 Å². The third-order valence-corrected chi connectivity index (χ3v) is 4.17. The Morgan fingerprint density at radius 1 is 1.33 bits per heavy atom. The maximum atomic E-state index is 12.5. The van der Waals surface area contributed by atoms with Crippen LogP contribution in [-0.2, 0) is 20.7 Å². The van der Waals surface area contributed by atoms with Crippen LogP contribution in [0.5, 0.6) is 0 Å². The first-order chi connectivity index (χ1) is 10.0. The highest BCUT2D eigenvalue weighted by Gasteiger charge is 2.32. The van der Waals surface area contributed by atoms with Crippen LogP contribution < -0.4 is 0 Å². The second kappa shape index (κ2) is 6.74. The number of ether oxygens (including phenoxy) is 1. The molecule has 0 unspecified atom stereocenters. The number of carbonyl (C=O) groups excluding carboxylic acids is 2. The summed E-state index contributed by atoms with van der Waals surface area (Å²) in [4.78, 5) is 26.0. The molecule has 21 heavy (non-hydrogen) atoms. The summed E-state index contributed by atoms with van der Waals surface area (Å²) >= 11 is 0. The minimum Gasteiger partial charge on any atom is -0.469 e. The summed E-state index contributed by atoms with van der Waals surface area (Å²) in [6, 6.07) is 8.17. The van der Waals surface area contributed by atoms with Gasteiger partial charge in [-0.25, -0.2) is 0 Å². The quantitative estimate of drug-likeness (QED) is 0.802. The minimum absolute atomic E-state index is 0.0849. The molecule has 1 aromatic rings. The predicted molar refractivity (Wildman–Crippen MR) is 80.8 cm³/mol. The van der Waals surface area contributed by atoms with E-state index in [1.165, 1.54) is 7.11 Å². The molecule has 2 atom stereocenters. The van der Waals surface area contributed by atoms with E-state index < -0.39 is 0 Å². The van der Waals surface area contributed by atoms with Crippen molar-refractivity contribution in [2.75, 3.05) is 13.7 Å². The summed E-state index contributed by atoms with van der Waals surface area (Å²) in [5.74, 6) is -0.315. The van der Waals surface area contributed by atoms with Crippen LogP contribution in [-0.4, -0.2) is 36.5 Å². The van der Waals surface area contributed by atoms with Gasteiger partial charge in [0.05, 0.1) is 19.4 Å². The molecule has 1 aliphatic rings. The number of rotatable bonds is 3. The number of esters is 1. The molecule has 1 aliphatic heterocycles. The molecule has 1 saturated heterocycles. The first kappa shape index (κ1) is 15.5. The fourth-order valence-electron chi connectivity index (χ4n) is 2.91. The van der Waals surface area contributed by atoms with Gasteiger partial charge in [0.1, 0.15) is 0 Å². The van der Waals surface area contributed by atoms with E-state index in [1.54, 1.807) is 0 Å². The van der Waals surface area contributed by atoms with Gasteiger partial charge >= 0.3 is 5.97 Å². The lowest BCUT2D eigenvalue weighted by Crippen LogP contribution is -2.48. The van der Waals surface area contributed by atoms with E-state index in [1.807, 2.05) is 43.0 Å². The van der Waals surface area contributed by atoms with Crippen LogP contribution in [0.3, 0.4) is 0 Å². The number of hydrogen-bond donors (Lipinski definition) is 0. The molecule has 0 bridgehead atoms. The number of aryl methyl sites for hydroxylation is 1. The highest BCUT2D eigenvalue weighted by atomic mass is 16.5. The van der Waals surface area contributed by atoms with Crippen LogP contribution in [0.15, 0.2) is 24.3 Å². The molecule has 0 radical (unpaired) electrons. The molecule has 4 nitrogen and oxygen atoms in total. The molecule has 0 saturated carbocycles. The van der Waals surface area contributed by atoms with Gasteiger partial charge in [-0.05, 0) is 32.3 Å². The summed E-state index contributed by atoms with van der Waals surface area (Å²) in [6.45, 7) is 4.53. The standard InChI is InChI=1S/C17H23NO3/c1-12-5-4-6-14(9-12)10-16(19)18-11-15(17(20)21-3)8-7-13(18)2/h4-6,9,13,15H,7-8,10-11H2,1-3H3/t13-,15+/m0/s1. The van der Waals surface area contributed by atoms with E-state index >= 15 is 0 Å². The molecule has 1 fully saturated rings. The van der Waals surface area contributed by atoms with E-state index in [0.717, 1.165) is 24.0 Å². The topological polar surface area (TPSA) is 46.6 Å². The number of benzene rings is 1. The number of methoxy groups -OCH3 is 1. The second-order valence-electron chi connectivity index (χ2n) is 5.86. The van der Waals surface area contributed by atoms with Crippen molar-refractivity contribution < 1.29 is 14.3 Å². The van der Waals surface area contributed by atoms with Crippen molar-refractivity contribution in [2.45, 2.75) is 39.2 Å². The molecule has 1 aromatic carbocycles. The molecular formula is C17H23NO3. The van der Waals surface area contributed by atoms with Crippen molar-refractivity contribution in [3.05, 3.63) is 35.4 Å². The van der Waals surface area contributed by atoms with Crippen molar-refractivity contribution in [3.63, 3.8) is 0 Å². The molecule has 0 aliphatic carbocycles. The Hall–Kier alpha value is -1.84. The van der Waals surface area contributed by atoms with Crippen LogP contribution in [0.25, 0.3) is 0 Å². The Morgan fingerprint density at radius 3 is 2.76 bits per heavy atom.